The van der Waals surface area contributed by atoms with Gasteiger partial charge in [-0.05, 0) is 86.3 Å². The predicted molar refractivity (Wildman–Crippen MR) is 374 cm³/mol. The Morgan fingerprint density at radius 2 is 0.731 bits per heavy atom. The first-order valence-electron chi connectivity index (χ1n) is 36.4. The molecule has 578 valence electrons. The molecule has 0 bridgehead atoms. The van der Waals surface area contributed by atoms with E-state index in [1.807, 2.05) is 48.5 Å². The minimum absolute atomic E-state index is 0.174. The van der Waals surface area contributed by atoms with Crippen LogP contribution in [-0.4, -0.2) is 220 Å². The van der Waals surface area contributed by atoms with E-state index in [0.717, 1.165) is 65.5 Å². The third-order valence-corrected chi connectivity index (χ3v) is 21.4. The number of ether oxygens (including phenoxy) is 14. The Kier molecular flexibility index (Phi) is 24.1. The summed E-state index contributed by atoms with van der Waals surface area (Å²) in [5, 5.41) is 6.12. The van der Waals surface area contributed by atoms with Crippen molar-refractivity contribution in [2.75, 3.05) is 76.6 Å². The average Bonchev–Trinajstić information content (AvgIpc) is 1.52. The SMILES string of the molecule is CC(=O)OC[C@H]1O[C@@H](CC(=O)[C@H]2[C@H](c3ccc(OCCOCCOCCOc4ccc([C@@H]5C6CCCN6[C@]6(C(=O)Nc7ccccc76)[C@H]5C(=O)C[C@@H]5O[C@H](COC(C)=O)[C@@H](OC(C)=O)[C@H](OC(C)=O)[C@H]5OC(C)=O)cc4)cc3)C3CCCN3[C@]23C(=O)Nc2ccccc23)[C@H](OC(C)=O)[C@@H](OC(C)=O)[C@@H]1OC(C)=O. The summed E-state index contributed by atoms with van der Waals surface area (Å²) in [5.74, 6) is -10.1. The molecule has 2 unspecified atom stereocenters. The van der Waals surface area contributed by atoms with Crippen LogP contribution in [0.5, 0.6) is 11.5 Å². The number of ketones is 2. The van der Waals surface area contributed by atoms with Gasteiger partial charge in [-0.2, -0.15) is 0 Å². The van der Waals surface area contributed by atoms with Crippen molar-refractivity contribution in [3.63, 3.8) is 0 Å². The number of para-hydroxylation sites is 2. The Morgan fingerprint density at radius 1 is 0.407 bits per heavy atom. The number of hydrogen-bond acceptors (Lipinski definition) is 28. The van der Waals surface area contributed by atoms with Crippen molar-refractivity contribution in [1.29, 1.82) is 0 Å². The van der Waals surface area contributed by atoms with Gasteiger partial charge in [0.1, 0.15) is 85.0 Å². The van der Waals surface area contributed by atoms with Gasteiger partial charge in [0.2, 0.25) is 11.8 Å². The number of carbonyl (C=O) groups is 12. The molecule has 0 aliphatic carbocycles. The van der Waals surface area contributed by atoms with Crippen LogP contribution in [0.25, 0.3) is 0 Å². The topological polar surface area (TPSA) is 365 Å². The zero-order chi connectivity index (χ0) is 76.9. The van der Waals surface area contributed by atoms with E-state index >= 15 is 9.59 Å². The van der Waals surface area contributed by atoms with E-state index in [2.05, 4.69) is 20.4 Å². The van der Waals surface area contributed by atoms with Crippen LogP contribution in [0, 0.1) is 11.8 Å². The zero-order valence-electron chi connectivity index (χ0n) is 61.3. The van der Waals surface area contributed by atoms with Gasteiger partial charge in [0, 0.05) is 115 Å². The molecule has 30 heteroatoms. The third kappa shape index (κ3) is 15.8. The molecular weight excluding hydrogens is 1410 g/mol. The molecule has 108 heavy (non-hydrogen) atoms. The lowest BCUT2D eigenvalue weighted by Gasteiger charge is -2.45. The van der Waals surface area contributed by atoms with Crippen molar-refractivity contribution in [2.45, 2.75) is 190 Å². The molecular formula is C78H90N4O26. The third-order valence-electron chi connectivity index (χ3n) is 21.4. The molecule has 6 fully saturated rings. The standard InChI is InChI=1S/C78H90N4O26/c1-41(83)99-39-63-71(103-45(5)87)73(105-47(7)89)69(101-43(3)85)61(107-63)37-59(91)67-65(57-19-13-29-81(57)77(67)53-15-9-11-17-55(53)79-75(77)93)49-21-25-51(26-22-49)97-35-33-95-31-32-96-34-36-98-52-27-23-50(24-28-52)66-58-20-14-30-82(58)78(54-16-10-12-18-56(54)80-76(78)94)68(66)60(92)38-62-70(102-44(4)86)74(106-48(8)90)72(104-46(6)88)64(108-62)40-100-42(2)84/h9-12,15-18,21-28,57-58,61-74H,13-14,19-20,29-40H2,1-8H3,(H,79,93)(H,80,94)/t57?,58?,61-,62-,63+,64+,65+,66+,67-,68-,69-,70-,71+,72+,73+,74+,77-,78-/m0/s1. The van der Waals surface area contributed by atoms with Crippen molar-refractivity contribution in [1.82, 2.24) is 9.80 Å². The van der Waals surface area contributed by atoms with Crippen LogP contribution >= 0.6 is 0 Å². The molecule has 2 N–H and O–H groups in total. The Bertz CT molecular complexity index is 3820. The Labute approximate surface area is 622 Å². The molecule has 2 spiro atoms. The zero-order valence-corrected chi connectivity index (χ0v) is 61.3. The fourth-order valence-corrected chi connectivity index (χ4v) is 17.9. The average molecular weight is 1500 g/mol. The van der Waals surface area contributed by atoms with E-state index in [0.29, 0.717) is 59.9 Å². The van der Waals surface area contributed by atoms with Crippen LogP contribution in [0.15, 0.2) is 97.1 Å². The van der Waals surface area contributed by atoms with E-state index in [-0.39, 0.29) is 63.5 Å². The fraction of sp³-hybridized carbons (Fsp3) is 0.538. The van der Waals surface area contributed by atoms with E-state index < -0.39 is 181 Å². The number of hydrogen-bond donors (Lipinski definition) is 2. The van der Waals surface area contributed by atoms with Crippen molar-refractivity contribution < 1.29 is 124 Å². The molecule has 8 heterocycles. The van der Waals surface area contributed by atoms with Gasteiger partial charge in [-0.15, -0.1) is 0 Å². The van der Waals surface area contributed by atoms with Gasteiger partial charge in [-0.1, -0.05) is 60.7 Å². The Hall–Kier alpha value is -9.72. The summed E-state index contributed by atoms with van der Waals surface area (Å²) in [7, 11) is 0. The molecule has 2 amide bonds. The second kappa shape index (κ2) is 33.4. The highest BCUT2D eigenvalue weighted by Crippen LogP contribution is 2.63. The number of anilines is 2. The van der Waals surface area contributed by atoms with Crippen LogP contribution < -0.4 is 20.1 Å². The molecule has 30 nitrogen and oxygen atoms in total. The van der Waals surface area contributed by atoms with Crippen LogP contribution in [0.1, 0.15) is 128 Å². The first kappa shape index (κ1) is 77.9. The number of fused-ring (bicyclic) bond motifs is 8. The van der Waals surface area contributed by atoms with Gasteiger partial charge in [0.15, 0.2) is 36.6 Å². The first-order chi connectivity index (χ1) is 51.8. The number of Topliss-reactive ketones (excluding diaryl/α,β-unsaturated/α-hetero) is 2. The summed E-state index contributed by atoms with van der Waals surface area (Å²) >= 11 is 0. The summed E-state index contributed by atoms with van der Waals surface area (Å²) in [6.45, 7) is 10.3. The monoisotopic (exact) mass is 1500 g/mol. The summed E-state index contributed by atoms with van der Waals surface area (Å²) in [5.41, 5.74) is 0.908. The highest BCUT2D eigenvalue weighted by molar-refractivity contribution is 6.11. The molecule has 0 aromatic heterocycles. The Morgan fingerprint density at radius 3 is 1.07 bits per heavy atom. The molecule has 4 aromatic carbocycles. The Balaban J connectivity index is 0.679. The van der Waals surface area contributed by atoms with Crippen molar-refractivity contribution in [3.8, 4) is 11.5 Å². The summed E-state index contributed by atoms with van der Waals surface area (Å²) in [6.07, 6.45) is -12.3. The van der Waals surface area contributed by atoms with E-state index in [4.69, 9.17) is 66.3 Å². The summed E-state index contributed by atoms with van der Waals surface area (Å²) in [6, 6.07) is 28.6. The van der Waals surface area contributed by atoms with Gasteiger partial charge < -0.3 is 76.9 Å². The minimum atomic E-state index is -1.50. The van der Waals surface area contributed by atoms with Gasteiger partial charge >= 0.3 is 47.8 Å². The van der Waals surface area contributed by atoms with E-state index in [1.54, 1.807) is 48.5 Å². The number of nitrogens with one attached hydrogen (secondary N) is 2. The highest BCUT2D eigenvalue weighted by atomic mass is 16.7. The molecule has 12 rings (SSSR count). The number of amides is 2. The second-order valence-corrected chi connectivity index (χ2v) is 28.2. The van der Waals surface area contributed by atoms with Crippen LogP contribution in [0.2, 0.25) is 0 Å². The summed E-state index contributed by atoms with van der Waals surface area (Å²) < 4.78 is 81.7. The van der Waals surface area contributed by atoms with Crippen molar-refractivity contribution in [2.24, 2.45) is 11.8 Å². The van der Waals surface area contributed by atoms with Gasteiger partial charge in [-0.3, -0.25) is 67.3 Å². The van der Waals surface area contributed by atoms with Gasteiger partial charge in [0.05, 0.1) is 38.3 Å². The molecule has 0 radical (unpaired) electrons. The smallest absolute Gasteiger partial charge is 0.303 e. The molecule has 0 saturated carbocycles. The number of esters is 8. The number of carbonyl (C=O) groups excluding carboxylic acids is 12. The number of nitrogens with zero attached hydrogens (tertiary/aromatic N) is 2. The van der Waals surface area contributed by atoms with E-state index in [9.17, 15) is 47.9 Å². The van der Waals surface area contributed by atoms with Crippen molar-refractivity contribution in [3.05, 3.63) is 119 Å². The summed E-state index contributed by atoms with van der Waals surface area (Å²) in [4.78, 5) is 166. The molecule has 18 atom stereocenters. The van der Waals surface area contributed by atoms with Crippen LogP contribution in [-0.2, 0) is 125 Å². The number of rotatable bonds is 29. The lowest BCUT2D eigenvalue weighted by Crippen LogP contribution is -2.63. The first-order valence-corrected chi connectivity index (χ1v) is 36.4. The van der Waals surface area contributed by atoms with Crippen LogP contribution in [0.4, 0.5) is 11.4 Å². The number of benzene rings is 4. The predicted octanol–water partition coefficient (Wildman–Crippen LogP) is 5.40. The molecule has 8 aliphatic rings. The highest BCUT2D eigenvalue weighted by Gasteiger charge is 2.72. The quantitative estimate of drug-likeness (QED) is 0.0390. The second-order valence-electron chi connectivity index (χ2n) is 28.2. The normalized spacial score (nSPS) is 30.0. The molecule has 8 aliphatic heterocycles. The molecule has 6 saturated heterocycles. The largest absolute Gasteiger partial charge is 0.491 e. The lowest BCUT2D eigenvalue weighted by atomic mass is 9.68. The fourth-order valence-electron chi connectivity index (χ4n) is 17.9. The minimum Gasteiger partial charge on any atom is -0.491 e. The lowest BCUT2D eigenvalue weighted by molar-refractivity contribution is -0.252. The maximum Gasteiger partial charge on any atom is 0.303 e. The maximum absolute atomic E-state index is 15.8. The van der Waals surface area contributed by atoms with Gasteiger partial charge in [-0.25, -0.2) is 0 Å². The van der Waals surface area contributed by atoms with E-state index in [1.165, 1.54) is 13.8 Å². The van der Waals surface area contributed by atoms with Gasteiger partial charge in [0.25, 0.3) is 0 Å². The molecule has 4 aromatic rings. The van der Waals surface area contributed by atoms with Crippen LogP contribution in [0.3, 0.4) is 0 Å². The maximum atomic E-state index is 15.8. The van der Waals surface area contributed by atoms with Crippen molar-refractivity contribution >= 4 is 82.5 Å².